The number of carbonyl (C=O) groups excluding carboxylic acids is 2. The van der Waals surface area contributed by atoms with Gasteiger partial charge in [-0.1, -0.05) is 4.49 Å². The predicted octanol–water partition coefficient (Wildman–Crippen LogP) is -0.157. The molecule has 2 amide bonds. The van der Waals surface area contributed by atoms with Crippen LogP contribution in [0.1, 0.15) is 50.7 Å². The van der Waals surface area contributed by atoms with Gasteiger partial charge in [0.1, 0.15) is 0 Å². The highest BCUT2D eigenvalue weighted by atomic mass is 32.1. The van der Waals surface area contributed by atoms with E-state index in [1.54, 1.807) is 4.90 Å². The summed E-state index contributed by atoms with van der Waals surface area (Å²) < 4.78 is 5.77. The summed E-state index contributed by atoms with van der Waals surface area (Å²) >= 11 is 1.23. The Labute approximate surface area is 159 Å². The molecular weight excluding hydrogens is 368 g/mol. The molecule has 1 aliphatic carbocycles. The molecule has 142 valence electrons. The van der Waals surface area contributed by atoms with Gasteiger partial charge < -0.3 is 14.8 Å². The summed E-state index contributed by atoms with van der Waals surface area (Å²) in [4.78, 5) is 30.2. The molecular formula is C16H20N8O2S. The molecule has 10 nitrogen and oxygen atoms in total. The number of piperazine rings is 1. The first-order valence-electron chi connectivity index (χ1n) is 9.18. The molecule has 1 atom stereocenters. The van der Waals surface area contributed by atoms with Crippen LogP contribution < -0.4 is 5.32 Å². The Kier molecular flexibility index (Phi) is 3.93. The molecule has 0 unspecified atom stereocenters. The lowest BCUT2D eigenvalue weighted by molar-refractivity contribution is 0.0368. The molecule has 1 saturated heterocycles. The quantitative estimate of drug-likeness (QED) is 0.778. The third kappa shape index (κ3) is 2.90. The smallest absolute Gasteiger partial charge is 0.289 e. The minimum absolute atomic E-state index is 0.0571. The summed E-state index contributed by atoms with van der Waals surface area (Å²) in [6.07, 6.45) is 2.07. The highest BCUT2D eigenvalue weighted by molar-refractivity contribution is 7.05. The third-order valence-corrected chi connectivity index (χ3v) is 6.07. The zero-order valence-electron chi connectivity index (χ0n) is 15.0. The molecule has 4 heterocycles. The first-order valence-corrected chi connectivity index (χ1v) is 9.95. The van der Waals surface area contributed by atoms with Crippen molar-refractivity contribution in [1.82, 2.24) is 39.5 Å². The van der Waals surface area contributed by atoms with E-state index in [-0.39, 0.29) is 23.9 Å². The SMILES string of the molecule is Cc1snnc1C(=O)N1CCN2CCn3c(C(=O)NC4CC4)nnc3[C@H]2C1. The molecule has 2 fully saturated rings. The largest absolute Gasteiger partial charge is 0.347 e. The molecule has 0 radical (unpaired) electrons. The molecule has 3 aliphatic rings. The van der Waals surface area contributed by atoms with Crippen molar-refractivity contribution < 1.29 is 9.59 Å². The number of carbonyl (C=O) groups is 2. The number of fused-ring (bicyclic) bond motifs is 3. The van der Waals surface area contributed by atoms with E-state index in [9.17, 15) is 9.59 Å². The number of hydrogen-bond donors (Lipinski definition) is 1. The van der Waals surface area contributed by atoms with Crippen molar-refractivity contribution in [3.05, 3.63) is 22.2 Å². The van der Waals surface area contributed by atoms with Crippen molar-refractivity contribution in [2.45, 2.75) is 38.4 Å². The van der Waals surface area contributed by atoms with E-state index < -0.39 is 0 Å². The lowest BCUT2D eigenvalue weighted by Gasteiger charge is -2.43. The summed E-state index contributed by atoms with van der Waals surface area (Å²) in [5.41, 5.74) is 0.426. The molecule has 2 aromatic rings. The molecule has 1 saturated carbocycles. The van der Waals surface area contributed by atoms with Crippen LogP contribution in [0, 0.1) is 6.92 Å². The lowest BCUT2D eigenvalue weighted by Crippen LogP contribution is -2.54. The Hall–Kier alpha value is -2.40. The zero-order valence-corrected chi connectivity index (χ0v) is 15.8. The van der Waals surface area contributed by atoms with Crippen LogP contribution in [-0.4, -0.2) is 78.2 Å². The first-order chi connectivity index (χ1) is 13.1. The highest BCUT2D eigenvalue weighted by Crippen LogP contribution is 2.29. The van der Waals surface area contributed by atoms with Gasteiger partial charge in [0.05, 0.1) is 10.9 Å². The standard InChI is InChI=1S/C16H20N8O2S/c1-9-12(18-21-27-9)16(26)23-5-4-22-6-7-24-13(11(22)8-23)19-20-14(24)15(25)17-10-2-3-10/h10-11H,2-8H2,1H3,(H,17,25)/t11-/m1/s1. The topological polar surface area (TPSA) is 109 Å². The highest BCUT2D eigenvalue weighted by Gasteiger charge is 2.39. The lowest BCUT2D eigenvalue weighted by atomic mass is 10.1. The third-order valence-electron chi connectivity index (χ3n) is 5.44. The van der Waals surface area contributed by atoms with Gasteiger partial charge in [0.2, 0.25) is 5.82 Å². The number of hydrogen-bond acceptors (Lipinski definition) is 8. The average molecular weight is 388 g/mol. The minimum atomic E-state index is -0.155. The van der Waals surface area contributed by atoms with E-state index in [1.807, 2.05) is 11.5 Å². The van der Waals surface area contributed by atoms with Gasteiger partial charge in [0.15, 0.2) is 11.5 Å². The summed E-state index contributed by atoms with van der Waals surface area (Å²) in [5, 5.41) is 15.4. The van der Waals surface area contributed by atoms with Crippen molar-refractivity contribution >= 4 is 23.3 Å². The van der Waals surface area contributed by atoms with Crippen molar-refractivity contribution in [1.29, 1.82) is 0 Å². The van der Waals surface area contributed by atoms with Crippen LogP contribution in [0.5, 0.6) is 0 Å². The van der Waals surface area contributed by atoms with Gasteiger partial charge in [-0.05, 0) is 31.3 Å². The molecule has 0 aromatic carbocycles. The Morgan fingerprint density at radius 1 is 1.11 bits per heavy atom. The van der Waals surface area contributed by atoms with E-state index in [1.165, 1.54) is 11.5 Å². The summed E-state index contributed by atoms with van der Waals surface area (Å²) in [6, 6.07) is 0.224. The normalized spacial score (nSPS) is 22.3. The predicted molar refractivity (Wildman–Crippen MR) is 95.4 cm³/mol. The molecule has 2 aromatic heterocycles. The van der Waals surface area contributed by atoms with Crippen LogP contribution in [0.25, 0.3) is 0 Å². The van der Waals surface area contributed by atoms with Crippen LogP contribution >= 0.6 is 11.5 Å². The Balaban J connectivity index is 1.38. The van der Waals surface area contributed by atoms with Gasteiger partial charge in [-0.2, -0.15) is 0 Å². The molecule has 2 aliphatic heterocycles. The second-order valence-electron chi connectivity index (χ2n) is 7.26. The maximum atomic E-state index is 12.8. The minimum Gasteiger partial charge on any atom is -0.347 e. The van der Waals surface area contributed by atoms with Crippen molar-refractivity contribution in [2.24, 2.45) is 0 Å². The van der Waals surface area contributed by atoms with Crippen molar-refractivity contribution in [3.63, 3.8) is 0 Å². The van der Waals surface area contributed by atoms with E-state index in [0.29, 0.717) is 31.2 Å². The fraction of sp³-hybridized carbons (Fsp3) is 0.625. The maximum Gasteiger partial charge on any atom is 0.289 e. The summed E-state index contributed by atoms with van der Waals surface area (Å²) in [5.74, 6) is 0.884. The number of amides is 2. The van der Waals surface area contributed by atoms with Crippen LogP contribution in [0.3, 0.4) is 0 Å². The van der Waals surface area contributed by atoms with Gasteiger partial charge in [0.25, 0.3) is 11.8 Å². The Morgan fingerprint density at radius 2 is 1.93 bits per heavy atom. The van der Waals surface area contributed by atoms with Gasteiger partial charge in [-0.15, -0.1) is 15.3 Å². The van der Waals surface area contributed by atoms with Crippen molar-refractivity contribution in [3.8, 4) is 0 Å². The fourth-order valence-corrected chi connectivity index (χ4v) is 4.21. The second kappa shape index (κ2) is 6.34. The van der Waals surface area contributed by atoms with Crippen LogP contribution in [0.2, 0.25) is 0 Å². The Bertz CT molecular complexity index is 904. The van der Waals surface area contributed by atoms with Gasteiger partial charge in [0, 0.05) is 38.8 Å². The molecule has 27 heavy (non-hydrogen) atoms. The number of aryl methyl sites for hydroxylation is 1. The van der Waals surface area contributed by atoms with E-state index >= 15 is 0 Å². The molecule has 5 rings (SSSR count). The van der Waals surface area contributed by atoms with E-state index in [2.05, 4.69) is 30.0 Å². The monoisotopic (exact) mass is 388 g/mol. The zero-order chi connectivity index (χ0) is 18.5. The number of nitrogens with zero attached hydrogens (tertiary/aromatic N) is 7. The second-order valence-corrected chi connectivity index (χ2v) is 8.22. The van der Waals surface area contributed by atoms with E-state index in [0.717, 1.165) is 36.6 Å². The number of aromatic nitrogens is 5. The fourth-order valence-electron chi connectivity index (χ4n) is 3.75. The molecule has 1 N–H and O–H groups in total. The molecule has 11 heteroatoms. The first kappa shape index (κ1) is 16.8. The number of nitrogens with one attached hydrogen (secondary N) is 1. The average Bonchev–Trinajstić information content (AvgIpc) is 3.21. The van der Waals surface area contributed by atoms with Gasteiger partial charge in [-0.25, -0.2) is 0 Å². The van der Waals surface area contributed by atoms with Crippen LogP contribution in [0.15, 0.2) is 0 Å². The summed E-state index contributed by atoms with van der Waals surface area (Å²) in [6.45, 7) is 5.29. The van der Waals surface area contributed by atoms with Gasteiger partial charge >= 0.3 is 0 Å². The maximum absolute atomic E-state index is 12.8. The van der Waals surface area contributed by atoms with Crippen molar-refractivity contribution in [2.75, 3.05) is 26.2 Å². The molecule has 0 spiro atoms. The van der Waals surface area contributed by atoms with Crippen LogP contribution in [-0.2, 0) is 6.54 Å². The van der Waals surface area contributed by atoms with Gasteiger partial charge in [-0.3, -0.25) is 14.5 Å². The number of rotatable bonds is 3. The molecule has 0 bridgehead atoms. The van der Waals surface area contributed by atoms with E-state index in [4.69, 9.17) is 0 Å². The Morgan fingerprint density at radius 3 is 2.67 bits per heavy atom. The van der Waals surface area contributed by atoms with Crippen LogP contribution in [0.4, 0.5) is 0 Å². The summed E-state index contributed by atoms with van der Waals surface area (Å²) in [7, 11) is 0.